The molecule has 0 atom stereocenters. The van der Waals surface area contributed by atoms with Gasteiger partial charge in [-0.05, 0) is 43.7 Å². The first-order valence-corrected chi connectivity index (χ1v) is 8.16. The Hall–Kier alpha value is -0.120. The fourth-order valence-electron chi connectivity index (χ4n) is 3.26. The summed E-state index contributed by atoms with van der Waals surface area (Å²) in [6.07, 6.45) is 6.42. The van der Waals surface area contributed by atoms with Crippen LogP contribution in [-0.2, 0) is 0 Å². The van der Waals surface area contributed by atoms with E-state index in [1.165, 1.54) is 38.8 Å². The van der Waals surface area contributed by atoms with Crippen LogP contribution in [0, 0.1) is 11.3 Å². The van der Waals surface area contributed by atoms with Gasteiger partial charge in [-0.2, -0.15) is 0 Å². The summed E-state index contributed by atoms with van der Waals surface area (Å²) in [5, 5.41) is 12.7. The highest BCUT2D eigenvalue weighted by atomic mass is 16.3. The van der Waals surface area contributed by atoms with Crippen molar-refractivity contribution >= 4 is 0 Å². The predicted octanol–water partition coefficient (Wildman–Crippen LogP) is 2.50. The predicted molar refractivity (Wildman–Crippen MR) is 82.4 cm³/mol. The van der Waals surface area contributed by atoms with Crippen molar-refractivity contribution in [3.05, 3.63) is 0 Å². The van der Waals surface area contributed by atoms with Crippen molar-refractivity contribution in [2.45, 2.75) is 52.9 Å². The van der Waals surface area contributed by atoms with Gasteiger partial charge in [-0.25, -0.2) is 0 Å². The van der Waals surface area contributed by atoms with E-state index in [2.05, 4.69) is 31.0 Å². The van der Waals surface area contributed by atoms with Gasteiger partial charge in [0.1, 0.15) is 0 Å². The van der Waals surface area contributed by atoms with Crippen LogP contribution in [-0.4, -0.2) is 49.3 Å². The first kappa shape index (κ1) is 16.9. The second-order valence-electron chi connectivity index (χ2n) is 6.68. The summed E-state index contributed by atoms with van der Waals surface area (Å²) in [7, 11) is 0. The fourth-order valence-corrected chi connectivity index (χ4v) is 3.26. The van der Waals surface area contributed by atoms with Crippen LogP contribution >= 0.6 is 0 Å². The molecule has 0 unspecified atom stereocenters. The number of hydrogen-bond donors (Lipinski definition) is 2. The zero-order chi connectivity index (χ0) is 14.1. The Kier molecular flexibility index (Phi) is 7.96. The van der Waals surface area contributed by atoms with Gasteiger partial charge < -0.3 is 15.3 Å². The number of aliphatic hydroxyl groups excluding tert-OH is 1. The normalized spacial score (nSPS) is 18.6. The number of hydrogen-bond acceptors (Lipinski definition) is 3. The van der Waals surface area contributed by atoms with Gasteiger partial charge in [-0.15, -0.1) is 0 Å². The molecule has 0 saturated heterocycles. The third-order valence-corrected chi connectivity index (χ3v) is 4.36. The van der Waals surface area contributed by atoms with Gasteiger partial charge in [-0.1, -0.05) is 33.6 Å². The number of nitrogens with zero attached hydrogens (tertiary/aromatic N) is 1. The summed E-state index contributed by atoms with van der Waals surface area (Å²) in [5.41, 5.74) is 0.486. The maximum absolute atomic E-state index is 9.00. The van der Waals surface area contributed by atoms with Crippen molar-refractivity contribution in [2.24, 2.45) is 11.3 Å². The van der Waals surface area contributed by atoms with Crippen LogP contribution in [0.15, 0.2) is 0 Å². The molecule has 0 aromatic carbocycles. The number of aliphatic hydroxyl groups is 1. The molecule has 0 bridgehead atoms. The number of rotatable bonds is 10. The molecule has 3 heteroatoms. The van der Waals surface area contributed by atoms with E-state index in [9.17, 15) is 0 Å². The van der Waals surface area contributed by atoms with Crippen molar-refractivity contribution < 1.29 is 5.11 Å². The minimum atomic E-state index is 0.315. The van der Waals surface area contributed by atoms with Crippen molar-refractivity contribution in [1.82, 2.24) is 10.2 Å². The Bertz CT molecular complexity index is 225. The molecule has 0 amide bonds. The van der Waals surface area contributed by atoms with Gasteiger partial charge in [0.25, 0.3) is 0 Å². The maximum Gasteiger partial charge on any atom is 0.0443 e. The van der Waals surface area contributed by atoms with Gasteiger partial charge in [0.05, 0.1) is 0 Å². The zero-order valence-electron chi connectivity index (χ0n) is 13.2. The standard InChI is InChI=1S/C16H34N2O/c1-4-18(10-7-11-19)14-16(8-5-6-9-16)13-17-12-15(2)3/h15,17,19H,4-14H2,1-3H3. The van der Waals surface area contributed by atoms with Crippen molar-refractivity contribution in [3.8, 4) is 0 Å². The van der Waals surface area contributed by atoms with Crippen LogP contribution in [0.5, 0.6) is 0 Å². The highest BCUT2D eigenvalue weighted by Gasteiger charge is 2.34. The van der Waals surface area contributed by atoms with Crippen LogP contribution in [0.2, 0.25) is 0 Å². The maximum atomic E-state index is 9.00. The molecule has 19 heavy (non-hydrogen) atoms. The largest absolute Gasteiger partial charge is 0.396 e. The molecular formula is C16H34N2O. The van der Waals surface area contributed by atoms with Crippen molar-refractivity contribution in [2.75, 3.05) is 39.3 Å². The smallest absolute Gasteiger partial charge is 0.0443 e. The third kappa shape index (κ3) is 6.24. The summed E-state index contributed by atoms with van der Waals surface area (Å²) < 4.78 is 0. The Labute approximate surface area is 119 Å². The monoisotopic (exact) mass is 270 g/mol. The average molecular weight is 270 g/mol. The second-order valence-corrected chi connectivity index (χ2v) is 6.68. The van der Waals surface area contributed by atoms with E-state index in [0.29, 0.717) is 12.0 Å². The second kappa shape index (κ2) is 8.93. The lowest BCUT2D eigenvalue weighted by Gasteiger charge is -2.35. The first-order valence-electron chi connectivity index (χ1n) is 8.16. The molecule has 114 valence electrons. The molecule has 1 saturated carbocycles. The van der Waals surface area contributed by atoms with Gasteiger partial charge in [0.15, 0.2) is 0 Å². The minimum absolute atomic E-state index is 0.315. The summed E-state index contributed by atoms with van der Waals surface area (Å²) in [6.45, 7) is 12.7. The Morgan fingerprint density at radius 3 is 2.47 bits per heavy atom. The molecule has 0 aromatic heterocycles. The molecule has 1 fully saturated rings. The van der Waals surface area contributed by atoms with E-state index in [1.807, 2.05) is 0 Å². The van der Waals surface area contributed by atoms with Crippen molar-refractivity contribution in [3.63, 3.8) is 0 Å². The SMILES string of the molecule is CCN(CCCO)CC1(CNCC(C)C)CCCC1. The molecule has 3 nitrogen and oxygen atoms in total. The molecule has 2 N–H and O–H groups in total. The molecule has 0 spiro atoms. The minimum Gasteiger partial charge on any atom is -0.396 e. The van der Waals surface area contributed by atoms with Crippen molar-refractivity contribution in [1.29, 1.82) is 0 Å². The van der Waals surface area contributed by atoms with E-state index >= 15 is 0 Å². The van der Waals surface area contributed by atoms with Gasteiger partial charge in [0.2, 0.25) is 0 Å². The van der Waals surface area contributed by atoms with Gasteiger partial charge in [0, 0.05) is 26.2 Å². The van der Waals surface area contributed by atoms with E-state index in [0.717, 1.165) is 32.0 Å². The van der Waals surface area contributed by atoms with E-state index in [1.54, 1.807) is 0 Å². The summed E-state index contributed by atoms with van der Waals surface area (Å²) in [6, 6.07) is 0. The highest BCUT2D eigenvalue weighted by Crippen LogP contribution is 2.38. The van der Waals surface area contributed by atoms with Crippen LogP contribution in [0.4, 0.5) is 0 Å². The average Bonchev–Trinajstić information content (AvgIpc) is 2.83. The van der Waals surface area contributed by atoms with Crippen LogP contribution in [0.3, 0.4) is 0 Å². The van der Waals surface area contributed by atoms with E-state index in [4.69, 9.17) is 5.11 Å². The van der Waals surface area contributed by atoms with Crippen LogP contribution in [0.1, 0.15) is 52.9 Å². The fraction of sp³-hybridized carbons (Fsp3) is 1.00. The first-order chi connectivity index (χ1) is 9.12. The van der Waals surface area contributed by atoms with E-state index in [-0.39, 0.29) is 0 Å². The Morgan fingerprint density at radius 1 is 1.26 bits per heavy atom. The highest BCUT2D eigenvalue weighted by molar-refractivity contribution is 4.89. The number of nitrogens with one attached hydrogen (secondary N) is 1. The molecule has 0 aliphatic heterocycles. The summed E-state index contributed by atoms with van der Waals surface area (Å²) in [5.74, 6) is 0.732. The third-order valence-electron chi connectivity index (χ3n) is 4.36. The van der Waals surface area contributed by atoms with Crippen LogP contribution < -0.4 is 5.32 Å². The summed E-state index contributed by atoms with van der Waals surface area (Å²) in [4.78, 5) is 2.53. The lowest BCUT2D eigenvalue weighted by Crippen LogP contribution is -2.43. The Morgan fingerprint density at radius 2 is 1.95 bits per heavy atom. The molecule has 0 radical (unpaired) electrons. The molecule has 1 rings (SSSR count). The molecule has 0 aromatic rings. The molecular weight excluding hydrogens is 236 g/mol. The van der Waals surface area contributed by atoms with Gasteiger partial charge >= 0.3 is 0 Å². The van der Waals surface area contributed by atoms with Gasteiger partial charge in [-0.3, -0.25) is 0 Å². The van der Waals surface area contributed by atoms with E-state index < -0.39 is 0 Å². The topological polar surface area (TPSA) is 35.5 Å². The zero-order valence-corrected chi connectivity index (χ0v) is 13.2. The summed E-state index contributed by atoms with van der Waals surface area (Å²) >= 11 is 0. The van der Waals surface area contributed by atoms with Crippen LogP contribution in [0.25, 0.3) is 0 Å². The molecule has 1 aliphatic carbocycles. The Balaban J connectivity index is 2.45. The molecule has 0 heterocycles. The lowest BCUT2D eigenvalue weighted by atomic mass is 9.85. The lowest BCUT2D eigenvalue weighted by molar-refractivity contribution is 0.142. The quantitative estimate of drug-likeness (QED) is 0.640. The molecule has 1 aliphatic rings.